The lowest BCUT2D eigenvalue weighted by molar-refractivity contribution is -0.136. The molecule has 0 spiro atoms. The molecule has 0 aliphatic rings. The lowest BCUT2D eigenvalue weighted by Gasteiger charge is -2.15. The molecule has 0 saturated heterocycles. The Morgan fingerprint density at radius 1 is 0.895 bits per heavy atom. The Hall–Kier alpha value is -2.24. The zero-order valence-electron chi connectivity index (χ0n) is 9.63. The maximum Gasteiger partial charge on any atom is 0.418 e. The molecule has 2 aromatic carbocycles. The van der Waals surface area contributed by atoms with Gasteiger partial charge in [0.15, 0.2) is 0 Å². The van der Waals surface area contributed by atoms with E-state index in [4.69, 9.17) is 5.73 Å². The van der Waals surface area contributed by atoms with Gasteiger partial charge >= 0.3 is 6.18 Å². The third kappa shape index (κ3) is 2.78. The molecule has 0 radical (unpaired) electrons. The van der Waals surface area contributed by atoms with Gasteiger partial charge in [-0.3, -0.25) is 0 Å². The summed E-state index contributed by atoms with van der Waals surface area (Å²) in [5, 5.41) is 2.50. The van der Waals surface area contributed by atoms with Crippen LogP contribution in [-0.4, -0.2) is 0 Å². The van der Waals surface area contributed by atoms with E-state index in [9.17, 15) is 17.6 Å². The van der Waals surface area contributed by atoms with E-state index >= 15 is 0 Å². The van der Waals surface area contributed by atoms with Crippen molar-refractivity contribution in [2.24, 2.45) is 0 Å². The number of para-hydroxylation sites is 2. The zero-order chi connectivity index (χ0) is 14.0. The fourth-order valence-electron chi connectivity index (χ4n) is 1.63. The highest BCUT2D eigenvalue weighted by atomic mass is 19.4. The summed E-state index contributed by atoms with van der Waals surface area (Å²) in [6.45, 7) is 0. The second-order valence-corrected chi connectivity index (χ2v) is 3.87. The summed E-state index contributed by atoms with van der Waals surface area (Å²) in [5.41, 5.74) is 4.33. The van der Waals surface area contributed by atoms with Crippen molar-refractivity contribution in [1.29, 1.82) is 0 Å². The summed E-state index contributed by atoms with van der Waals surface area (Å²) in [4.78, 5) is 0. The van der Waals surface area contributed by atoms with Gasteiger partial charge in [0.25, 0.3) is 0 Å². The van der Waals surface area contributed by atoms with Crippen molar-refractivity contribution in [3.05, 3.63) is 53.8 Å². The molecule has 2 rings (SSSR count). The lowest BCUT2D eigenvalue weighted by atomic mass is 10.1. The number of hydrogen-bond donors (Lipinski definition) is 2. The Morgan fingerprint density at radius 3 is 2.21 bits per heavy atom. The Morgan fingerprint density at radius 2 is 1.53 bits per heavy atom. The zero-order valence-corrected chi connectivity index (χ0v) is 9.63. The predicted molar refractivity (Wildman–Crippen MR) is 65.5 cm³/mol. The molecule has 2 nitrogen and oxygen atoms in total. The van der Waals surface area contributed by atoms with Gasteiger partial charge < -0.3 is 11.1 Å². The highest BCUT2D eigenvalue weighted by Gasteiger charge is 2.33. The van der Waals surface area contributed by atoms with Crippen LogP contribution >= 0.6 is 0 Å². The van der Waals surface area contributed by atoms with Gasteiger partial charge in [0, 0.05) is 0 Å². The van der Waals surface area contributed by atoms with E-state index in [1.165, 1.54) is 30.3 Å². The quantitative estimate of drug-likeness (QED) is 0.635. The number of nitrogen functional groups attached to an aromatic ring is 1. The average Bonchev–Trinajstić information content (AvgIpc) is 2.34. The predicted octanol–water partition coefficient (Wildman–Crippen LogP) is 4.17. The second kappa shape index (κ2) is 4.79. The van der Waals surface area contributed by atoms with Crippen LogP contribution in [0.3, 0.4) is 0 Å². The van der Waals surface area contributed by atoms with Crippen LogP contribution in [0.2, 0.25) is 0 Å². The van der Waals surface area contributed by atoms with Crippen molar-refractivity contribution in [2.75, 3.05) is 11.1 Å². The lowest BCUT2D eigenvalue weighted by Crippen LogP contribution is -2.09. The first-order valence-corrected chi connectivity index (χ1v) is 5.37. The van der Waals surface area contributed by atoms with Gasteiger partial charge in [-0.2, -0.15) is 13.2 Å². The largest absolute Gasteiger partial charge is 0.418 e. The fraction of sp³-hybridized carbons (Fsp3) is 0.0769. The number of alkyl halides is 3. The van der Waals surface area contributed by atoms with Crippen LogP contribution in [0, 0.1) is 5.82 Å². The van der Waals surface area contributed by atoms with Crippen molar-refractivity contribution in [2.45, 2.75) is 6.18 Å². The number of rotatable bonds is 2. The molecule has 100 valence electrons. The summed E-state index contributed by atoms with van der Waals surface area (Å²) < 4.78 is 51.6. The minimum Gasteiger partial charge on any atom is -0.395 e. The molecule has 0 saturated carbocycles. The molecule has 3 N–H and O–H groups in total. The molecule has 0 heterocycles. The third-order valence-electron chi connectivity index (χ3n) is 2.55. The van der Waals surface area contributed by atoms with Crippen LogP contribution in [-0.2, 0) is 6.18 Å². The fourth-order valence-corrected chi connectivity index (χ4v) is 1.63. The Kier molecular flexibility index (Phi) is 3.33. The van der Waals surface area contributed by atoms with E-state index in [0.717, 1.165) is 12.1 Å². The van der Waals surface area contributed by atoms with Crippen molar-refractivity contribution >= 4 is 17.1 Å². The van der Waals surface area contributed by atoms with E-state index < -0.39 is 17.6 Å². The maximum atomic E-state index is 13.2. The highest BCUT2D eigenvalue weighted by molar-refractivity contribution is 5.74. The molecule has 2 aromatic rings. The molecule has 6 heteroatoms. The molecule has 0 aliphatic carbocycles. The number of anilines is 3. The van der Waals surface area contributed by atoms with E-state index in [1.54, 1.807) is 0 Å². The van der Waals surface area contributed by atoms with Crippen LogP contribution in [0.5, 0.6) is 0 Å². The van der Waals surface area contributed by atoms with Crippen LogP contribution in [0.4, 0.5) is 34.6 Å². The minimum absolute atomic E-state index is 0.0942. The number of halogens is 4. The first-order chi connectivity index (χ1) is 8.89. The first kappa shape index (κ1) is 13.2. The molecule has 0 unspecified atom stereocenters. The minimum atomic E-state index is -4.49. The topological polar surface area (TPSA) is 38.0 Å². The maximum absolute atomic E-state index is 13.2. The molecule has 0 fully saturated rings. The van der Waals surface area contributed by atoms with E-state index in [2.05, 4.69) is 5.32 Å². The van der Waals surface area contributed by atoms with E-state index in [1.807, 2.05) is 0 Å². The van der Waals surface area contributed by atoms with Gasteiger partial charge in [-0.1, -0.05) is 18.2 Å². The highest BCUT2D eigenvalue weighted by Crippen LogP contribution is 2.36. The summed E-state index contributed by atoms with van der Waals surface area (Å²) in [6, 6.07) is 8.84. The summed E-state index contributed by atoms with van der Waals surface area (Å²) in [7, 11) is 0. The molecule has 0 bridgehead atoms. The van der Waals surface area contributed by atoms with Crippen LogP contribution in [0.15, 0.2) is 42.5 Å². The molecule has 0 aromatic heterocycles. The van der Waals surface area contributed by atoms with Gasteiger partial charge in [-0.25, -0.2) is 4.39 Å². The number of benzene rings is 2. The average molecular weight is 270 g/mol. The second-order valence-electron chi connectivity index (χ2n) is 3.87. The van der Waals surface area contributed by atoms with Crippen molar-refractivity contribution < 1.29 is 17.6 Å². The Labute approximate surface area is 106 Å². The number of nitrogens with one attached hydrogen (secondary N) is 1. The van der Waals surface area contributed by atoms with Gasteiger partial charge in [0.05, 0.1) is 22.6 Å². The molecule has 0 aliphatic heterocycles. The Bertz CT molecular complexity index is 593. The third-order valence-corrected chi connectivity index (χ3v) is 2.55. The number of nitrogens with two attached hydrogens (primary N) is 1. The van der Waals surface area contributed by atoms with Gasteiger partial charge in [-0.15, -0.1) is 0 Å². The van der Waals surface area contributed by atoms with Crippen LogP contribution in [0.1, 0.15) is 5.56 Å². The van der Waals surface area contributed by atoms with Crippen molar-refractivity contribution in [3.8, 4) is 0 Å². The molecule has 0 amide bonds. The summed E-state index contributed by atoms with van der Waals surface area (Å²) >= 11 is 0. The molecule has 19 heavy (non-hydrogen) atoms. The van der Waals surface area contributed by atoms with E-state index in [0.29, 0.717) is 0 Å². The smallest absolute Gasteiger partial charge is 0.395 e. The van der Waals surface area contributed by atoms with Gasteiger partial charge in [0.1, 0.15) is 5.82 Å². The Balaban J connectivity index is 2.42. The monoisotopic (exact) mass is 270 g/mol. The molecular weight excluding hydrogens is 260 g/mol. The summed E-state index contributed by atoms with van der Waals surface area (Å²) in [6.07, 6.45) is -4.49. The van der Waals surface area contributed by atoms with E-state index in [-0.39, 0.29) is 17.1 Å². The number of hydrogen-bond acceptors (Lipinski definition) is 2. The SMILES string of the molecule is Nc1c(F)cccc1Nc1ccccc1C(F)(F)F. The van der Waals surface area contributed by atoms with Gasteiger partial charge in [0.2, 0.25) is 0 Å². The van der Waals surface area contributed by atoms with Crippen LogP contribution < -0.4 is 11.1 Å². The van der Waals surface area contributed by atoms with Gasteiger partial charge in [-0.05, 0) is 24.3 Å². The van der Waals surface area contributed by atoms with Crippen LogP contribution in [0.25, 0.3) is 0 Å². The molecular formula is C13H10F4N2. The van der Waals surface area contributed by atoms with Crippen molar-refractivity contribution in [1.82, 2.24) is 0 Å². The first-order valence-electron chi connectivity index (χ1n) is 5.37. The van der Waals surface area contributed by atoms with Crippen molar-refractivity contribution in [3.63, 3.8) is 0 Å². The molecule has 0 atom stereocenters. The standard InChI is InChI=1S/C13H10F4N2/c14-9-5-3-7-11(12(9)18)19-10-6-2-1-4-8(10)13(15,16)17/h1-7,19H,18H2. The normalized spacial score (nSPS) is 11.4. The summed E-state index contributed by atoms with van der Waals surface area (Å²) in [5.74, 6) is -0.686.